The van der Waals surface area contributed by atoms with Gasteiger partial charge in [-0.15, -0.1) is 0 Å². The number of halogens is 2. The molecule has 1 aliphatic rings. The minimum atomic E-state index is -0.883. The van der Waals surface area contributed by atoms with E-state index in [9.17, 15) is 19.2 Å². The van der Waals surface area contributed by atoms with E-state index in [0.29, 0.717) is 20.7 Å². The molecule has 0 unspecified atom stereocenters. The van der Waals surface area contributed by atoms with Crippen LogP contribution in [0.25, 0.3) is 6.08 Å². The number of carbonyl (C=O) groups excluding carboxylic acids is 4. The number of nitrogens with zero attached hydrogens (tertiary/aromatic N) is 1. The van der Waals surface area contributed by atoms with Gasteiger partial charge in [0.2, 0.25) is 0 Å². The lowest BCUT2D eigenvalue weighted by molar-refractivity contribution is -0.122. The summed E-state index contributed by atoms with van der Waals surface area (Å²) in [7, 11) is 0. The average Bonchev–Trinajstić information content (AvgIpc) is 2.85. The smallest absolute Gasteiger partial charge is 0.335 e. The minimum Gasteiger partial charge on any atom is -0.483 e. The van der Waals surface area contributed by atoms with E-state index in [0.717, 1.165) is 21.6 Å². The van der Waals surface area contributed by atoms with Crippen LogP contribution in [0.1, 0.15) is 22.3 Å². The van der Waals surface area contributed by atoms with Crippen molar-refractivity contribution in [1.29, 1.82) is 0 Å². The summed E-state index contributed by atoms with van der Waals surface area (Å²) in [6.45, 7) is 5.34. The molecule has 0 saturated carbocycles. The molecule has 1 fully saturated rings. The summed E-state index contributed by atoms with van der Waals surface area (Å²) in [5.74, 6) is -1.79. The van der Waals surface area contributed by atoms with Crippen molar-refractivity contribution in [1.82, 2.24) is 5.32 Å². The Morgan fingerprint density at radius 3 is 2.50 bits per heavy atom. The minimum absolute atomic E-state index is 0.218. The van der Waals surface area contributed by atoms with Crippen LogP contribution in [0, 0.1) is 20.8 Å². The van der Waals surface area contributed by atoms with Crippen molar-refractivity contribution in [3.05, 3.63) is 91.9 Å². The van der Waals surface area contributed by atoms with Crippen LogP contribution in [0.5, 0.6) is 5.75 Å². The number of carbonyl (C=O) groups is 4. The van der Waals surface area contributed by atoms with Crippen molar-refractivity contribution in [2.45, 2.75) is 20.8 Å². The number of amides is 5. The standard InChI is InChI=1S/C28H23BrClN3O5/c1-15-4-8-23(17(3)10-15)31-25(34)14-38-24-9-6-19(29)11-18(24)12-21-26(35)32-28(37)33(27(21)36)20-7-5-16(2)22(30)13-20/h4-13H,14H2,1-3H3,(H,31,34)(H,32,35,37)/b21-12+. The number of hydrogen-bond acceptors (Lipinski definition) is 5. The number of rotatable bonds is 6. The highest BCUT2D eigenvalue weighted by Gasteiger charge is 2.37. The average molecular weight is 597 g/mol. The van der Waals surface area contributed by atoms with Crippen LogP contribution in [-0.4, -0.2) is 30.4 Å². The van der Waals surface area contributed by atoms with E-state index in [1.807, 2.05) is 32.0 Å². The second kappa shape index (κ2) is 11.2. The SMILES string of the molecule is Cc1ccc(NC(=O)COc2ccc(Br)cc2/C=C2\C(=O)NC(=O)N(c3ccc(C)c(Cl)c3)C2=O)c(C)c1. The van der Waals surface area contributed by atoms with Crippen LogP contribution < -0.4 is 20.3 Å². The van der Waals surface area contributed by atoms with Crippen LogP contribution in [0.4, 0.5) is 16.2 Å². The molecule has 0 radical (unpaired) electrons. The van der Waals surface area contributed by atoms with Gasteiger partial charge >= 0.3 is 6.03 Å². The zero-order valence-corrected chi connectivity index (χ0v) is 23.1. The Morgan fingerprint density at radius 1 is 1.03 bits per heavy atom. The van der Waals surface area contributed by atoms with Crippen LogP contribution in [-0.2, 0) is 14.4 Å². The van der Waals surface area contributed by atoms with Crippen LogP contribution in [0.15, 0.2) is 64.6 Å². The van der Waals surface area contributed by atoms with Crippen molar-refractivity contribution >= 4 is 68.7 Å². The molecule has 3 aromatic rings. The molecule has 0 bridgehead atoms. The number of benzene rings is 3. The number of urea groups is 1. The maximum atomic E-state index is 13.3. The summed E-state index contributed by atoms with van der Waals surface area (Å²) in [5.41, 5.74) is 3.73. The highest BCUT2D eigenvalue weighted by molar-refractivity contribution is 9.10. The van der Waals surface area contributed by atoms with E-state index in [1.54, 1.807) is 37.3 Å². The maximum absolute atomic E-state index is 13.3. The van der Waals surface area contributed by atoms with E-state index in [-0.39, 0.29) is 29.5 Å². The molecule has 2 N–H and O–H groups in total. The predicted molar refractivity (Wildman–Crippen MR) is 149 cm³/mol. The lowest BCUT2D eigenvalue weighted by Gasteiger charge is -2.26. The number of ether oxygens (including phenoxy) is 1. The van der Waals surface area contributed by atoms with Gasteiger partial charge in [-0.05, 0) is 74.4 Å². The fourth-order valence-electron chi connectivity index (χ4n) is 3.82. The Hall–Kier alpha value is -3.95. The van der Waals surface area contributed by atoms with Gasteiger partial charge in [-0.3, -0.25) is 19.7 Å². The summed E-state index contributed by atoms with van der Waals surface area (Å²) >= 11 is 9.56. The van der Waals surface area contributed by atoms with Crippen molar-refractivity contribution in [3.63, 3.8) is 0 Å². The molecule has 5 amide bonds. The summed E-state index contributed by atoms with van der Waals surface area (Å²) < 4.78 is 6.40. The first kappa shape index (κ1) is 27.1. The molecule has 194 valence electrons. The van der Waals surface area contributed by atoms with Gasteiger partial charge in [0.25, 0.3) is 17.7 Å². The van der Waals surface area contributed by atoms with E-state index >= 15 is 0 Å². The van der Waals surface area contributed by atoms with Gasteiger partial charge in [0.05, 0.1) is 5.69 Å². The van der Waals surface area contributed by atoms with Crippen molar-refractivity contribution in [2.24, 2.45) is 0 Å². The topological polar surface area (TPSA) is 105 Å². The van der Waals surface area contributed by atoms with Crippen molar-refractivity contribution in [2.75, 3.05) is 16.8 Å². The third kappa shape index (κ3) is 5.95. The zero-order chi connectivity index (χ0) is 27.6. The molecular weight excluding hydrogens is 574 g/mol. The fraction of sp³-hybridized carbons (Fsp3) is 0.143. The van der Waals surface area contributed by atoms with Gasteiger partial charge in [-0.25, -0.2) is 9.69 Å². The van der Waals surface area contributed by atoms with E-state index in [2.05, 4.69) is 26.6 Å². The molecule has 0 aromatic heterocycles. The Kier molecular flexibility index (Phi) is 7.99. The molecule has 0 aliphatic carbocycles. The molecule has 4 rings (SSSR count). The van der Waals surface area contributed by atoms with Crippen molar-refractivity contribution in [3.8, 4) is 5.75 Å². The second-order valence-electron chi connectivity index (χ2n) is 8.73. The third-order valence-electron chi connectivity index (χ3n) is 5.80. The number of barbiturate groups is 1. The number of imide groups is 2. The number of aryl methyl sites for hydroxylation is 3. The van der Waals surface area contributed by atoms with Gasteiger partial charge in [0.1, 0.15) is 11.3 Å². The van der Waals surface area contributed by atoms with Gasteiger partial charge in [0.15, 0.2) is 6.61 Å². The first-order valence-corrected chi connectivity index (χ1v) is 12.7. The summed E-state index contributed by atoms with van der Waals surface area (Å²) in [5, 5.41) is 5.36. The first-order chi connectivity index (χ1) is 18.0. The number of hydrogen-bond donors (Lipinski definition) is 2. The predicted octanol–water partition coefficient (Wildman–Crippen LogP) is 5.71. The van der Waals surface area contributed by atoms with Crippen molar-refractivity contribution < 1.29 is 23.9 Å². The van der Waals surface area contributed by atoms with Gasteiger partial charge < -0.3 is 10.1 Å². The number of nitrogens with one attached hydrogen (secondary N) is 2. The fourth-order valence-corrected chi connectivity index (χ4v) is 4.37. The van der Waals surface area contributed by atoms with Gasteiger partial charge in [0, 0.05) is 20.7 Å². The first-order valence-electron chi connectivity index (χ1n) is 11.5. The summed E-state index contributed by atoms with van der Waals surface area (Å²) in [4.78, 5) is 51.9. The summed E-state index contributed by atoms with van der Waals surface area (Å²) in [6.07, 6.45) is 1.31. The quantitative estimate of drug-likeness (QED) is 0.280. The second-order valence-corrected chi connectivity index (χ2v) is 10.1. The molecule has 0 spiro atoms. The highest BCUT2D eigenvalue weighted by Crippen LogP contribution is 2.30. The molecule has 3 aromatic carbocycles. The zero-order valence-electron chi connectivity index (χ0n) is 20.7. The van der Waals surface area contributed by atoms with Gasteiger partial charge in [-0.2, -0.15) is 0 Å². The van der Waals surface area contributed by atoms with E-state index < -0.39 is 17.8 Å². The molecule has 8 nitrogen and oxygen atoms in total. The molecule has 1 heterocycles. The Labute approximate surface area is 232 Å². The number of anilines is 2. The molecular formula is C28H23BrClN3O5. The molecule has 1 aliphatic heterocycles. The monoisotopic (exact) mass is 595 g/mol. The van der Waals surface area contributed by atoms with Gasteiger partial charge in [-0.1, -0.05) is 51.3 Å². The lowest BCUT2D eigenvalue weighted by Crippen LogP contribution is -2.54. The molecule has 38 heavy (non-hydrogen) atoms. The largest absolute Gasteiger partial charge is 0.483 e. The van der Waals surface area contributed by atoms with E-state index in [1.165, 1.54) is 12.1 Å². The molecule has 0 atom stereocenters. The third-order valence-corrected chi connectivity index (χ3v) is 6.70. The molecule has 1 saturated heterocycles. The Morgan fingerprint density at radius 2 is 1.79 bits per heavy atom. The van der Waals surface area contributed by atoms with Crippen LogP contribution in [0.2, 0.25) is 5.02 Å². The Bertz CT molecular complexity index is 1520. The summed E-state index contributed by atoms with van der Waals surface area (Å²) in [6, 6.07) is 14.4. The van der Waals surface area contributed by atoms with Crippen LogP contribution >= 0.6 is 27.5 Å². The normalized spacial score (nSPS) is 14.5. The lowest BCUT2D eigenvalue weighted by atomic mass is 10.1. The van der Waals surface area contributed by atoms with E-state index in [4.69, 9.17) is 16.3 Å². The highest BCUT2D eigenvalue weighted by atomic mass is 79.9. The maximum Gasteiger partial charge on any atom is 0.335 e. The molecule has 10 heteroatoms. The van der Waals surface area contributed by atoms with Crippen LogP contribution in [0.3, 0.4) is 0 Å². The Balaban J connectivity index is 1.59.